The molecule has 0 saturated carbocycles. The minimum atomic E-state index is -1.14. The molecule has 37 heavy (non-hydrogen) atoms. The van der Waals surface area contributed by atoms with E-state index in [-0.39, 0.29) is 0 Å². The summed E-state index contributed by atoms with van der Waals surface area (Å²) in [5.41, 5.74) is 4.62. The molecule has 12 heteroatoms. The fraction of sp³-hybridized carbons (Fsp3) is 0.520. The summed E-state index contributed by atoms with van der Waals surface area (Å²) in [4.78, 5) is 15.4. The van der Waals surface area contributed by atoms with Crippen molar-refractivity contribution in [2.75, 3.05) is 37.7 Å². The standard InChI is InChI=1S/C25H33FN8OSSi/c1-37(2,3)11-10-35-18-32-8-6-21-23(28-16-29-24(21)32)20-14-33(34(26)15-20)9-5-19-4-7-31(13-19)25-22(12-27)30-17-36-25/h6,8,15-17,19H,4-5,7,9-11,13-14,18H2,1-3H3/t19-/m0/s1. The van der Waals surface area contributed by atoms with Crippen molar-refractivity contribution in [3.05, 3.63) is 41.7 Å². The number of halogens is 1. The largest absolute Gasteiger partial charge is 0.361 e. The quantitative estimate of drug-likeness (QED) is 0.207. The van der Waals surface area contributed by atoms with Crippen molar-refractivity contribution in [1.82, 2.24) is 29.8 Å². The van der Waals surface area contributed by atoms with Gasteiger partial charge in [0.05, 0.1) is 17.4 Å². The predicted molar refractivity (Wildman–Crippen MR) is 146 cm³/mol. The molecular weight excluding hydrogens is 507 g/mol. The minimum absolute atomic E-state index is 0.445. The van der Waals surface area contributed by atoms with Crippen LogP contribution in [0.4, 0.5) is 9.48 Å². The summed E-state index contributed by atoms with van der Waals surface area (Å²) >= 11 is 1.51. The third-order valence-corrected chi connectivity index (χ3v) is 9.59. The first-order valence-electron chi connectivity index (χ1n) is 12.7. The van der Waals surface area contributed by atoms with Gasteiger partial charge in [0.1, 0.15) is 29.8 Å². The lowest BCUT2D eigenvalue weighted by Crippen LogP contribution is -2.32. The summed E-state index contributed by atoms with van der Waals surface area (Å²) in [5.74, 6) is 0.451. The highest BCUT2D eigenvalue weighted by molar-refractivity contribution is 7.14. The molecule has 196 valence electrons. The number of fused-ring (bicyclic) bond motifs is 1. The fourth-order valence-corrected chi connectivity index (χ4v) is 6.40. The van der Waals surface area contributed by atoms with E-state index in [2.05, 4.69) is 45.6 Å². The van der Waals surface area contributed by atoms with Crippen LogP contribution in [0.2, 0.25) is 25.7 Å². The van der Waals surface area contributed by atoms with Crippen LogP contribution in [0.3, 0.4) is 0 Å². The van der Waals surface area contributed by atoms with E-state index in [1.807, 2.05) is 16.8 Å². The number of aromatic nitrogens is 4. The number of hydrogen-bond donors (Lipinski definition) is 0. The highest BCUT2D eigenvalue weighted by atomic mass is 32.1. The molecule has 0 radical (unpaired) electrons. The Balaban J connectivity index is 1.17. The molecule has 0 aliphatic carbocycles. The number of nitrogens with zero attached hydrogens (tertiary/aromatic N) is 8. The third kappa shape index (κ3) is 5.85. The Labute approximate surface area is 221 Å². The van der Waals surface area contributed by atoms with E-state index < -0.39 is 8.07 Å². The van der Waals surface area contributed by atoms with E-state index in [1.54, 1.807) is 16.8 Å². The average molecular weight is 541 g/mol. The van der Waals surface area contributed by atoms with Gasteiger partial charge in [0.15, 0.2) is 5.69 Å². The first-order valence-corrected chi connectivity index (χ1v) is 17.3. The Bertz CT molecular complexity index is 1310. The van der Waals surface area contributed by atoms with Crippen molar-refractivity contribution >= 4 is 41.0 Å². The number of rotatable bonds is 10. The van der Waals surface area contributed by atoms with E-state index in [4.69, 9.17) is 4.74 Å². The van der Waals surface area contributed by atoms with Crippen LogP contribution in [-0.2, 0) is 11.5 Å². The Hall–Kier alpha value is -2.85. The lowest BCUT2D eigenvalue weighted by molar-refractivity contribution is -0.109. The van der Waals surface area contributed by atoms with E-state index in [0.717, 1.165) is 65.9 Å². The van der Waals surface area contributed by atoms with Crippen LogP contribution in [0.25, 0.3) is 16.6 Å². The zero-order chi connectivity index (χ0) is 26.0. The first kappa shape index (κ1) is 25.8. The molecule has 3 aromatic rings. The number of ether oxygens (including phenoxy) is 1. The minimum Gasteiger partial charge on any atom is -0.361 e. The Morgan fingerprint density at radius 2 is 2.14 bits per heavy atom. The van der Waals surface area contributed by atoms with E-state index >= 15 is 0 Å². The molecular formula is C25H33FN8OSSi. The van der Waals surface area contributed by atoms with Gasteiger partial charge in [-0.2, -0.15) is 10.3 Å². The Kier molecular flexibility index (Phi) is 7.57. The molecule has 1 fully saturated rings. The molecule has 5 heterocycles. The molecule has 0 spiro atoms. The van der Waals surface area contributed by atoms with Gasteiger partial charge in [-0.05, 0) is 30.9 Å². The van der Waals surface area contributed by atoms with Crippen molar-refractivity contribution in [1.29, 1.82) is 5.26 Å². The smallest absolute Gasteiger partial charge is 0.175 e. The second-order valence-electron chi connectivity index (χ2n) is 10.9. The second-order valence-corrected chi connectivity index (χ2v) is 17.4. The van der Waals surface area contributed by atoms with Gasteiger partial charge in [-0.15, -0.1) is 16.6 Å². The predicted octanol–water partition coefficient (Wildman–Crippen LogP) is 4.75. The van der Waals surface area contributed by atoms with Crippen LogP contribution in [-0.4, -0.2) is 70.6 Å². The van der Waals surface area contributed by atoms with Crippen LogP contribution in [0, 0.1) is 17.2 Å². The van der Waals surface area contributed by atoms with Gasteiger partial charge in [0.2, 0.25) is 0 Å². The maximum absolute atomic E-state index is 14.9. The molecule has 0 aromatic carbocycles. The molecule has 1 atom stereocenters. The second kappa shape index (κ2) is 10.9. The van der Waals surface area contributed by atoms with Crippen LogP contribution in [0.1, 0.15) is 24.2 Å². The van der Waals surface area contributed by atoms with Crippen LogP contribution in [0.5, 0.6) is 0 Å². The molecule has 0 N–H and O–H groups in total. The number of hydrogen-bond acceptors (Lipinski definition) is 9. The number of nitriles is 1. The molecule has 2 aliphatic rings. The van der Waals surface area contributed by atoms with Crippen LogP contribution >= 0.6 is 11.3 Å². The van der Waals surface area contributed by atoms with Crippen LogP contribution < -0.4 is 4.90 Å². The molecule has 1 saturated heterocycles. The van der Waals surface area contributed by atoms with Crippen molar-refractivity contribution < 1.29 is 9.22 Å². The van der Waals surface area contributed by atoms with E-state index in [9.17, 15) is 9.74 Å². The summed E-state index contributed by atoms with van der Waals surface area (Å²) in [6, 6.07) is 5.28. The number of anilines is 1. The zero-order valence-electron chi connectivity index (χ0n) is 21.6. The van der Waals surface area contributed by atoms with Gasteiger partial charge < -0.3 is 14.2 Å². The van der Waals surface area contributed by atoms with Gasteiger partial charge in [0, 0.05) is 58.0 Å². The Morgan fingerprint density at radius 1 is 1.27 bits per heavy atom. The first-order chi connectivity index (χ1) is 17.8. The molecule has 0 unspecified atom stereocenters. The van der Waals surface area contributed by atoms with Gasteiger partial charge in [0.25, 0.3) is 0 Å². The molecule has 2 aliphatic heterocycles. The summed E-state index contributed by atoms with van der Waals surface area (Å²) in [6.07, 6.45) is 6.95. The molecule has 0 amide bonds. The van der Waals surface area contributed by atoms with Crippen molar-refractivity contribution in [2.24, 2.45) is 5.92 Å². The topological polar surface area (TPSA) is 86.3 Å². The molecule has 3 aromatic heterocycles. The van der Waals surface area contributed by atoms with Gasteiger partial charge in [-0.25, -0.2) is 15.0 Å². The normalized spacial score (nSPS) is 18.7. The lowest BCUT2D eigenvalue weighted by atomic mass is 10.0. The summed E-state index contributed by atoms with van der Waals surface area (Å²) < 4.78 is 22.8. The maximum Gasteiger partial charge on any atom is 0.175 e. The highest BCUT2D eigenvalue weighted by Crippen LogP contribution is 2.33. The summed E-state index contributed by atoms with van der Waals surface area (Å²) in [5, 5.41) is 13.5. The van der Waals surface area contributed by atoms with Crippen molar-refractivity contribution in [3.63, 3.8) is 0 Å². The Morgan fingerprint density at radius 3 is 2.95 bits per heavy atom. The average Bonchev–Trinajstić information content (AvgIpc) is 3.66. The summed E-state index contributed by atoms with van der Waals surface area (Å²) in [7, 11) is -1.14. The SMILES string of the molecule is C[Si](C)(C)CCOCn1ccc2c(C3=CN(F)N(CC[C@@H]4CCN(c5scnc5C#N)C4)C3)ncnc21. The number of thiazole rings is 1. The van der Waals surface area contributed by atoms with Crippen molar-refractivity contribution in [3.8, 4) is 6.07 Å². The maximum atomic E-state index is 14.9. The van der Waals surface area contributed by atoms with Crippen molar-refractivity contribution in [2.45, 2.75) is 45.3 Å². The van der Waals surface area contributed by atoms with Gasteiger partial charge >= 0.3 is 0 Å². The molecule has 0 bridgehead atoms. The molecule has 5 rings (SSSR count). The number of hydrazine groups is 1. The lowest BCUT2D eigenvalue weighted by Gasteiger charge is -2.22. The fourth-order valence-electron chi connectivity index (χ4n) is 4.86. The van der Waals surface area contributed by atoms with E-state index in [1.165, 1.54) is 17.5 Å². The summed E-state index contributed by atoms with van der Waals surface area (Å²) in [6.45, 7) is 11.1. The highest BCUT2D eigenvalue weighted by Gasteiger charge is 2.29. The molecule has 9 nitrogen and oxygen atoms in total. The zero-order valence-corrected chi connectivity index (χ0v) is 23.4. The van der Waals surface area contributed by atoms with Gasteiger partial charge in [-0.3, -0.25) is 0 Å². The monoisotopic (exact) mass is 540 g/mol. The third-order valence-electron chi connectivity index (χ3n) is 7.00. The van der Waals surface area contributed by atoms with Crippen LogP contribution in [0.15, 0.2) is 30.3 Å². The van der Waals surface area contributed by atoms with E-state index in [0.29, 0.717) is 36.7 Å². The van der Waals surface area contributed by atoms with Gasteiger partial charge in [-0.1, -0.05) is 24.1 Å².